The maximum Gasteiger partial charge on any atom is 0.248 e. The summed E-state index contributed by atoms with van der Waals surface area (Å²) in [6.07, 6.45) is 3.05. The highest BCUT2D eigenvalue weighted by Crippen LogP contribution is 2.17. The molecule has 3 N–H and O–H groups in total. The Kier molecular flexibility index (Phi) is 5.96. The Labute approximate surface area is 152 Å². The largest absolute Gasteiger partial charge is 0.350 e. The van der Waals surface area contributed by atoms with Gasteiger partial charge in [0.15, 0.2) is 0 Å². The maximum atomic E-state index is 12.3. The number of amides is 2. The molecule has 1 aliphatic heterocycles. The highest BCUT2D eigenvalue weighted by molar-refractivity contribution is 5.91. The molecule has 0 bridgehead atoms. The van der Waals surface area contributed by atoms with E-state index in [2.05, 4.69) is 33.0 Å². The molecule has 0 unspecified atom stereocenters. The van der Waals surface area contributed by atoms with E-state index in [1.165, 1.54) is 11.0 Å². The van der Waals surface area contributed by atoms with Gasteiger partial charge < -0.3 is 10.6 Å². The summed E-state index contributed by atoms with van der Waals surface area (Å²) in [6, 6.07) is 10.0. The second-order valence-corrected chi connectivity index (χ2v) is 6.59. The van der Waals surface area contributed by atoms with Gasteiger partial charge in [0.05, 0.1) is 0 Å². The van der Waals surface area contributed by atoms with Crippen molar-refractivity contribution in [1.82, 2.24) is 25.4 Å². The molecule has 0 radical (unpaired) electrons. The van der Waals surface area contributed by atoms with E-state index in [-0.39, 0.29) is 30.2 Å². The molecule has 2 amide bonds. The first-order valence-corrected chi connectivity index (χ1v) is 8.84. The van der Waals surface area contributed by atoms with Crippen molar-refractivity contribution in [2.75, 3.05) is 11.9 Å². The summed E-state index contributed by atoms with van der Waals surface area (Å²) in [5.41, 5.74) is 1.03. The molecule has 3 rings (SSSR count). The molecule has 2 aromatic rings. The first-order chi connectivity index (χ1) is 12.6. The number of piperidine rings is 1. The Bertz CT molecular complexity index is 745. The third kappa shape index (κ3) is 5.13. The Morgan fingerprint density at radius 3 is 2.88 bits per heavy atom. The number of aromatic nitrogens is 3. The van der Waals surface area contributed by atoms with Crippen LogP contribution < -0.4 is 16.0 Å². The number of rotatable bonds is 6. The quantitative estimate of drug-likeness (QED) is 0.715. The van der Waals surface area contributed by atoms with Gasteiger partial charge in [-0.25, -0.2) is 9.67 Å². The molecule has 1 aromatic carbocycles. The van der Waals surface area contributed by atoms with Crippen molar-refractivity contribution in [2.24, 2.45) is 5.92 Å². The van der Waals surface area contributed by atoms with Crippen LogP contribution in [-0.4, -0.2) is 39.2 Å². The molecular weight excluding hydrogens is 332 g/mol. The van der Waals surface area contributed by atoms with Crippen molar-refractivity contribution in [3.05, 3.63) is 42.2 Å². The molecule has 1 aromatic heterocycles. The summed E-state index contributed by atoms with van der Waals surface area (Å²) in [7, 11) is 0. The van der Waals surface area contributed by atoms with Gasteiger partial charge in [-0.1, -0.05) is 30.3 Å². The highest BCUT2D eigenvalue weighted by atomic mass is 16.2. The number of hydrogen-bond acceptors (Lipinski definition) is 5. The topological polar surface area (TPSA) is 101 Å². The molecule has 1 aliphatic rings. The lowest BCUT2D eigenvalue weighted by Crippen LogP contribution is -2.40. The molecule has 0 spiro atoms. The number of carbonyl (C=O) groups is 2. The van der Waals surface area contributed by atoms with Crippen LogP contribution in [0.5, 0.6) is 0 Å². The molecule has 138 valence electrons. The second kappa shape index (κ2) is 8.57. The van der Waals surface area contributed by atoms with Crippen LogP contribution in [0.4, 0.5) is 5.95 Å². The zero-order valence-electron chi connectivity index (χ0n) is 14.8. The molecule has 8 nitrogen and oxygen atoms in total. The van der Waals surface area contributed by atoms with Gasteiger partial charge in [0.25, 0.3) is 0 Å². The minimum Gasteiger partial charge on any atom is -0.350 e. The molecule has 2 atom stereocenters. The van der Waals surface area contributed by atoms with E-state index in [1.54, 1.807) is 0 Å². The molecule has 1 fully saturated rings. The summed E-state index contributed by atoms with van der Waals surface area (Å²) >= 11 is 0. The molecule has 0 saturated carbocycles. The fraction of sp³-hybridized carbons (Fsp3) is 0.444. The van der Waals surface area contributed by atoms with E-state index >= 15 is 0 Å². The molecule has 2 heterocycles. The van der Waals surface area contributed by atoms with Crippen molar-refractivity contribution < 1.29 is 9.59 Å². The van der Waals surface area contributed by atoms with Crippen molar-refractivity contribution in [1.29, 1.82) is 0 Å². The van der Waals surface area contributed by atoms with Crippen LogP contribution in [0, 0.1) is 5.92 Å². The number of carbonyl (C=O) groups excluding carboxylic acids is 2. The van der Waals surface area contributed by atoms with E-state index in [4.69, 9.17) is 0 Å². The van der Waals surface area contributed by atoms with Crippen molar-refractivity contribution in [3.8, 4) is 0 Å². The molecule has 8 heteroatoms. The molecular formula is C18H24N6O2. The third-order valence-corrected chi connectivity index (χ3v) is 4.40. The first kappa shape index (κ1) is 18.1. The Morgan fingerprint density at radius 1 is 1.31 bits per heavy atom. The van der Waals surface area contributed by atoms with Gasteiger partial charge in [-0.15, -0.1) is 5.10 Å². The summed E-state index contributed by atoms with van der Waals surface area (Å²) in [6.45, 7) is 3.43. The maximum absolute atomic E-state index is 12.3. The van der Waals surface area contributed by atoms with Crippen molar-refractivity contribution in [2.45, 2.75) is 38.9 Å². The van der Waals surface area contributed by atoms with Crippen LogP contribution in [0.15, 0.2) is 36.7 Å². The normalized spacial score (nSPS) is 19.7. The van der Waals surface area contributed by atoms with Crippen LogP contribution in [-0.2, 0) is 22.7 Å². The van der Waals surface area contributed by atoms with Gasteiger partial charge in [-0.2, -0.15) is 0 Å². The Hall–Kier alpha value is -2.74. The fourth-order valence-corrected chi connectivity index (χ4v) is 3.01. The SMILES string of the molecule is C[C@H]1C[C@@H](C(=O)Nc2ncn(CC(=O)NCc3ccccc3)n2)CCN1. The first-order valence-electron chi connectivity index (χ1n) is 8.84. The zero-order chi connectivity index (χ0) is 18.4. The summed E-state index contributed by atoms with van der Waals surface area (Å²) in [5, 5.41) is 13.1. The van der Waals surface area contributed by atoms with Gasteiger partial charge in [0.1, 0.15) is 12.9 Å². The lowest BCUT2D eigenvalue weighted by Gasteiger charge is -2.26. The van der Waals surface area contributed by atoms with Crippen LogP contribution in [0.2, 0.25) is 0 Å². The van der Waals surface area contributed by atoms with Crippen molar-refractivity contribution >= 4 is 17.8 Å². The van der Waals surface area contributed by atoms with Crippen LogP contribution in [0.3, 0.4) is 0 Å². The van der Waals surface area contributed by atoms with Gasteiger partial charge >= 0.3 is 0 Å². The number of benzene rings is 1. The van der Waals surface area contributed by atoms with Crippen LogP contribution >= 0.6 is 0 Å². The van der Waals surface area contributed by atoms with E-state index in [1.807, 2.05) is 30.3 Å². The number of hydrogen-bond donors (Lipinski definition) is 3. The predicted molar refractivity (Wildman–Crippen MR) is 97.1 cm³/mol. The van der Waals surface area contributed by atoms with Gasteiger partial charge in [0.2, 0.25) is 17.8 Å². The van der Waals surface area contributed by atoms with Gasteiger partial charge in [0, 0.05) is 18.5 Å². The zero-order valence-corrected chi connectivity index (χ0v) is 14.8. The fourth-order valence-electron chi connectivity index (χ4n) is 3.01. The number of nitrogens with one attached hydrogen (secondary N) is 3. The smallest absolute Gasteiger partial charge is 0.248 e. The standard InChI is InChI=1S/C18H24N6O2/c1-13-9-15(7-8-19-13)17(26)22-18-21-12-24(23-18)11-16(25)20-10-14-5-3-2-4-6-14/h2-6,12-13,15,19H,7-11H2,1H3,(H,20,25)(H,22,23,26)/t13-,15-/m0/s1. The van der Waals surface area contributed by atoms with E-state index in [0.717, 1.165) is 24.9 Å². The summed E-state index contributed by atoms with van der Waals surface area (Å²) in [4.78, 5) is 28.4. The van der Waals surface area contributed by atoms with Crippen LogP contribution in [0.1, 0.15) is 25.3 Å². The Balaban J connectivity index is 1.46. The van der Waals surface area contributed by atoms with Crippen molar-refractivity contribution in [3.63, 3.8) is 0 Å². The minimum atomic E-state index is -0.163. The predicted octanol–water partition coefficient (Wildman–Crippen LogP) is 0.921. The highest BCUT2D eigenvalue weighted by Gasteiger charge is 2.25. The lowest BCUT2D eigenvalue weighted by atomic mass is 9.92. The molecule has 0 aliphatic carbocycles. The van der Waals surface area contributed by atoms with E-state index in [0.29, 0.717) is 12.6 Å². The lowest BCUT2D eigenvalue weighted by molar-refractivity contribution is -0.122. The van der Waals surface area contributed by atoms with E-state index in [9.17, 15) is 9.59 Å². The monoisotopic (exact) mass is 356 g/mol. The molecule has 1 saturated heterocycles. The number of anilines is 1. The average molecular weight is 356 g/mol. The summed E-state index contributed by atoms with van der Waals surface area (Å²) in [5.74, 6) is -0.0298. The van der Waals surface area contributed by atoms with Gasteiger partial charge in [-0.3, -0.25) is 14.9 Å². The second-order valence-electron chi connectivity index (χ2n) is 6.59. The van der Waals surface area contributed by atoms with Gasteiger partial charge in [-0.05, 0) is 31.9 Å². The average Bonchev–Trinajstić information content (AvgIpc) is 3.07. The third-order valence-electron chi connectivity index (χ3n) is 4.40. The van der Waals surface area contributed by atoms with E-state index < -0.39 is 0 Å². The minimum absolute atomic E-state index is 0.0348. The summed E-state index contributed by atoms with van der Waals surface area (Å²) < 4.78 is 1.42. The Morgan fingerprint density at radius 2 is 2.12 bits per heavy atom. The number of nitrogens with zero attached hydrogens (tertiary/aromatic N) is 3. The molecule has 26 heavy (non-hydrogen) atoms. The van der Waals surface area contributed by atoms with Crippen LogP contribution in [0.25, 0.3) is 0 Å².